The van der Waals surface area contributed by atoms with Crippen molar-refractivity contribution in [2.75, 3.05) is 0 Å². The third-order valence-electron chi connectivity index (χ3n) is 4.31. The Morgan fingerprint density at radius 1 is 1.12 bits per heavy atom. The Bertz CT molecular complexity index is 879. The predicted molar refractivity (Wildman–Crippen MR) is 110 cm³/mol. The SMILES string of the molecule is C=CCn1c(SCc2cccc(C)c2)nnc1-c1ccc(C(C)C)cc1. The first-order valence-corrected chi connectivity index (χ1v) is 9.90. The molecule has 26 heavy (non-hydrogen) atoms. The van der Waals surface area contributed by atoms with E-state index in [1.807, 2.05) is 6.08 Å². The van der Waals surface area contributed by atoms with E-state index in [0.29, 0.717) is 12.5 Å². The average molecular weight is 364 g/mol. The number of thioether (sulfide) groups is 1. The first kappa shape index (κ1) is 18.5. The van der Waals surface area contributed by atoms with Crippen molar-refractivity contribution in [3.05, 3.63) is 77.9 Å². The molecule has 1 aromatic heterocycles. The maximum Gasteiger partial charge on any atom is 0.192 e. The molecule has 0 atom stereocenters. The van der Waals surface area contributed by atoms with E-state index < -0.39 is 0 Å². The van der Waals surface area contributed by atoms with E-state index in [2.05, 4.69) is 90.6 Å². The second kappa shape index (κ2) is 8.37. The van der Waals surface area contributed by atoms with Crippen molar-refractivity contribution >= 4 is 11.8 Å². The molecule has 0 aliphatic rings. The lowest BCUT2D eigenvalue weighted by Crippen LogP contribution is -2.01. The van der Waals surface area contributed by atoms with Crippen LogP contribution in [0.3, 0.4) is 0 Å². The Morgan fingerprint density at radius 3 is 2.54 bits per heavy atom. The summed E-state index contributed by atoms with van der Waals surface area (Å²) in [6, 6.07) is 17.2. The second-order valence-electron chi connectivity index (χ2n) is 6.76. The number of aryl methyl sites for hydroxylation is 1. The van der Waals surface area contributed by atoms with Crippen molar-refractivity contribution in [1.82, 2.24) is 14.8 Å². The molecule has 0 aliphatic carbocycles. The average Bonchev–Trinajstić information content (AvgIpc) is 3.03. The number of hydrogen-bond donors (Lipinski definition) is 0. The zero-order valence-electron chi connectivity index (χ0n) is 15.6. The normalized spacial score (nSPS) is 11.1. The minimum atomic E-state index is 0.524. The molecular weight excluding hydrogens is 338 g/mol. The summed E-state index contributed by atoms with van der Waals surface area (Å²) in [7, 11) is 0. The molecule has 134 valence electrons. The van der Waals surface area contributed by atoms with Gasteiger partial charge in [0.05, 0.1) is 0 Å². The Balaban J connectivity index is 1.84. The van der Waals surface area contributed by atoms with Crippen molar-refractivity contribution in [2.45, 2.75) is 44.1 Å². The molecule has 3 rings (SSSR count). The predicted octanol–water partition coefficient (Wildman–Crippen LogP) is 5.86. The summed E-state index contributed by atoms with van der Waals surface area (Å²) in [5.74, 6) is 2.30. The summed E-state index contributed by atoms with van der Waals surface area (Å²) in [5, 5.41) is 9.81. The smallest absolute Gasteiger partial charge is 0.192 e. The van der Waals surface area contributed by atoms with E-state index in [1.54, 1.807) is 11.8 Å². The Hall–Kier alpha value is -2.33. The van der Waals surface area contributed by atoms with Crippen molar-refractivity contribution in [2.24, 2.45) is 0 Å². The van der Waals surface area contributed by atoms with Crippen molar-refractivity contribution < 1.29 is 0 Å². The van der Waals surface area contributed by atoms with Gasteiger partial charge in [0.2, 0.25) is 0 Å². The van der Waals surface area contributed by atoms with E-state index >= 15 is 0 Å². The van der Waals surface area contributed by atoms with Crippen LogP contribution in [0.15, 0.2) is 66.3 Å². The van der Waals surface area contributed by atoms with Crippen LogP contribution in [-0.4, -0.2) is 14.8 Å². The first-order valence-electron chi connectivity index (χ1n) is 8.91. The minimum absolute atomic E-state index is 0.524. The summed E-state index contributed by atoms with van der Waals surface area (Å²) < 4.78 is 2.14. The first-order chi connectivity index (χ1) is 12.6. The molecule has 0 unspecified atom stereocenters. The Kier molecular flexibility index (Phi) is 5.94. The summed E-state index contributed by atoms with van der Waals surface area (Å²) in [6.45, 7) is 11.1. The van der Waals surface area contributed by atoms with Gasteiger partial charge in [0.15, 0.2) is 11.0 Å². The van der Waals surface area contributed by atoms with Crippen LogP contribution in [0.1, 0.15) is 36.5 Å². The molecule has 3 nitrogen and oxygen atoms in total. The number of allylic oxidation sites excluding steroid dienone is 1. The van der Waals surface area contributed by atoms with Crippen LogP contribution in [0.5, 0.6) is 0 Å². The molecule has 0 spiro atoms. The van der Waals surface area contributed by atoms with E-state index in [1.165, 1.54) is 16.7 Å². The van der Waals surface area contributed by atoms with Gasteiger partial charge in [-0.3, -0.25) is 4.57 Å². The van der Waals surface area contributed by atoms with Crippen LogP contribution in [0, 0.1) is 6.92 Å². The minimum Gasteiger partial charge on any atom is -0.298 e. The maximum absolute atomic E-state index is 4.45. The highest BCUT2D eigenvalue weighted by Crippen LogP contribution is 2.27. The summed E-state index contributed by atoms with van der Waals surface area (Å²) in [5.41, 5.74) is 5.00. The third-order valence-corrected chi connectivity index (χ3v) is 5.35. The number of hydrogen-bond acceptors (Lipinski definition) is 3. The number of benzene rings is 2. The molecule has 2 aromatic carbocycles. The number of aromatic nitrogens is 3. The van der Waals surface area contributed by atoms with E-state index in [4.69, 9.17) is 0 Å². The highest BCUT2D eigenvalue weighted by molar-refractivity contribution is 7.98. The van der Waals surface area contributed by atoms with Gasteiger partial charge in [0.25, 0.3) is 0 Å². The van der Waals surface area contributed by atoms with E-state index in [0.717, 1.165) is 22.3 Å². The zero-order valence-corrected chi connectivity index (χ0v) is 16.5. The molecular formula is C22H25N3S. The van der Waals surface area contributed by atoms with Gasteiger partial charge in [-0.1, -0.05) is 85.8 Å². The molecule has 0 N–H and O–H groups in total. The van der Waals surface area contributed by atoms with Crippen molar-refractivity contribution in [1.29, 1.82) is 0 Å². The maximum atomic E-state index is 4.45. The topological polar surface area (TPSA) is 30.7 Å². The molecule has 3 aromatic rings. The molecule has 4 heteroatoms. The van der Waals surface area contributed by atoms with Gasteiger partial charge in [0.1, 0.15) is 0 Å². The van der Waals surface area contributed by atoms with Crippen LogP contribution in [0.2, 0.25) is 0 Å². The highest BCUT2D eigenvalue weighted by Gasteiger charge is 2.14. The lowest BCUT2D eigenvalue weighted by atomic mass is 10.0. The van der Waals surface area contributed by atoms with Gasteiger partial charge in [0, 0.05) is 17.9 Å². The lowest BCUT2D eigenvalue weighted by Gasteiger charge is -2.09. The molecule has 0 aliphatic heterocycles. The van der Waals surface area contributed by atoms with Gasteiger partial charge in [-0.25, -0.2) is 0 Å². The monoisotopic (exact) mass is 363 g/mol. The largest absolute Gasteiger partial charge is 0.298 e. The van der Waals surface area contributed by atoms with Gasteiger partial charge in [-0.05, 0) is 24.0 Å². The fourth-order valence-electron chi connectivity index (χ4n) is 2.87. The molecule has 0 saturated heterocycles. The van der Waals surface area contributed by atoms with Crippen molar-refractivity contribution in [3.63, 3.8) is 0 Å². The molecule has 0 radical (unpaired) electrons. The van der Waals surface area contributed by atoms with E-state index in [9.17, 15) is 0 Å². The van der Waals surface area contributed by atoms with Gasteiger partial charge >= 0.3 is 0 Å². The fourth-order valence-corrected chi connectivity index (χ4v) is 3.76. The zero-order chi connectivity index (χ0) is 18.5. The second-order valence-corrected chi connectivity index (χ2v) is 7.70. The van der Waals surface area contributed by atoms with Gasteiger partial charge in [-0.2, -0.15) is 0 Å². The molecule has 0 bridgehead atoms. The van der Waals surface area contributed by atoms with Crippen LogP contribution >= 0.6 is 11.8 Å². The standard InChI is InChI=1S/C22H25N3S/c1-5-13-25-21(20-11-9-19(10-12-20)16(2)3)23-24-22(25)26-15-18-8-6-7-17(4)14-18/h5-12,14,16H,1,13,15H2,2-4H3. The Morgan fingerprint density at radius 2 is 1.88 bits per heavy atom. The quantitative estimate of drug-likeness (QED) is 0.389. The number of rotatable bonds is 7. The van der Waals surface area contributed by atoms with Crippen molar-refractivity contribution in [3.8, 4) is 11.4 Å². The molecule has 1 heterocycles. The summed E-state index contributed by atoms with van der Waals surface area (Å²) >= 11 is 1.71. The van der Waals surface area contributed by atoms with Gasteiger partial charge < -0.3 is 0 Å². The Labute approximate surface area is 160 Å². The van der Waals surface area contributed by atoms with Crippen LogP contribution < -0.4 is 0 Å². The van der Waals surface area contributed by atoms with Crippen LogP contribution in [0.25, 0.3) is 11.4 Å². The van der Waals surface area contributed by atoms with Crippen LogP contribution in [-0.2, 0) is 12.3 Å². The van der Waals surface area contributed by atoms with E-state index in [-0.39, 0.29) is 0 Å². The third kappa shape index (κ3) is 4.25. The van der Waals surface area contributed by atoms with Gasteiger partial charge in [-0.15, -0.1) is 16.8 Å². The van der Waals surface area contributed by atoms with Crippen LogP contribution in [0.4, 0.5) is 0 Å². The fraction of sp³-hybridized carbons (Fsp3) is 0.273. The molecule has 0 saturated carbocycles. The molecule has 0 fully saturated rings. The highest BCUT2D eigenvalue weighted by atomic mass is 32.2. The number of nitrogens with zero attached hydrogens (tertiary/aromatic N) is 3. The summed E-state index contributed by atoms with van der Waals surface area (Å²) in [6.07, 6.45) is 1.89. The summed E-state index contributed by atoms with van der Waals surface area (Å²) in [4.78, 5) is 0. The molecule has 0 amide bonds. The lowest BCUT2D eigenvalue weighted by molar-refractivity contribution is 0.731.